The van der Waals surface area contributed by atoms with Crippen LogP contribution in [0.3, 0.4) is 0 Å². The molecule has 21 heavy (non-hydrogen) atoms. The van der Waals surface area contributed by atoms with E-state index < -0.39 is 0 Å². The molecular weight excluding hydrogens is 268 g/mol. The van der Waals surface area contributed by atoms with Crippen molar-refractivity contribution in [1.29, 1.82) is 0 Å². The Bertz CT molecular complexity index is 690. The van der Waals surface area contributed by atoms with Crippen LogP contribution in [0.5, 0.6) is 0 Å². The minimum atomic E-state index is -0.115. The lowest BCUT2D eigenvalue weighted by atomic mass is 9.98. The third-order valence-corrected chi connectivity index (χ3v) is 3.98. The molecule has 1 aliphatic rings. The number of pyridine rings is 1. The Balaban J connectivity index is 1.90. The maximum atomic E-state index is 12.7. The van der Waals surface area contributed by atoms with Gasteiger partial charge < -0.3 is 9.47 Å². The highest BCUT2D eigenvalue weighted by molar-refractivity contribution is 5.94. The molecule has 3 rings (SSSR count). The van der Waals surface area contributed by atoms with Gasteiger partial charge in [-0.1, -0.05) is 0 Å². The number of carbonyl (C=O) groups excluding carboxylic acids is 1. The number of rotatable bonds is 2. The second-order valence-corrected chi connectivity index (χ2v) is 5.39. The van der Waals surface area contributed by atoms with E-state index in [0.29, 0.717) is 5.56 Å². The standard InChI is InChI=1S/C15H18N4O2/c1-18-10-11(5-6-14(18)20)15(21)19-9-3-2-4-13(19)12-7-8-16-17-12/h5-8,10,13H,2-4,9H2,1H3,(H,16,17)/t13-/m1/s1. The van der Waals surface area contributed by atoms with Crippen LogP contribution in [-0.4, -0.2) is 32.1 Å². The Kier molecular flexibility index (Phi) is 3.60. The molecule has 1 fully saturated rings. The number of hydrogen-bond acceptors (Lipinski definition) is 3. The summed E-state index contributed by atoms with van der Waals surface area (Å²) in [5.41, 5.74) is 1.40. The number of nitrogens with one attached hydrogen (secondary N) is 1. The van der Waals surface area contributed by atoms with Crippen LogP contribution in [0.15, 0.2) is 35.4 Å². The number of amides is 1. The smallest absolute Gasteiger partial charge is 0.255 e. The van der Waals surface area contributed by atoms with Gasteiger partial charge in [-0.15, -0.1) is 0 Å². The Morgan fingerprint density at radius 1 is 1.33 bits per heavy atom. The summed E-state index contributed by atoms with van der Waals surface area (Å²) < 4.78 is 1.43. The van der Waals surface area contributed by atoms with E-state index in [1.165, 1.54) is 10.6 Å². The molecule has 1 saturated heterocycles. The maximum Gasteiger partial charge on any atom is 0.255 e. The van der Waals surface area contributed by atoms with Crippen molar-refractivity contribution < 1.29 is 4.79 Å². The van der Waals surface area contributed by atoms with E-state index in [1.54, 1.807) is 25.5 Å². The van der Waals surface area contributed by atoms with Gasteiger partial charge in [-0.25, -0.2) is 0 Å². The average molecular weight is 286 g/mol. The number of hydrogen-bond donors (Lipinski definition) is 1. The van der Waals surface area contributed by atoms with Crippen LogP contribution in [0, 0.1) is 0 Å². The van der Waals surface area contributed by atoms with E-state index in [4.69, 9.17) is 0 Å². The highest BCUT2D eigenvalue weighted by atomic mass is 16.2. The molecule has 0 aromatic carbocycles. The van der Waals surface area contributed by atoms with Crippen molar-refractivity contribution >= 4 is 5.91 Å². The average Bonchev–Trinajstić information content (AvgIpc) is 3.03. The second kappa shape index (κ2) is 5.55. The maximum absolute atomic E-state index is 12.7. The molecule has 110 valence electrons. The molecule has 6 nitrogen and oxygen atoms in total. The fourth-order valence-corrected chi connectivity index (χ4v) is 2.84. The SMILES string of the molecule is Cn1cc(C(=O)N2CCCC[C@@H]2c2ccn[nH]2)ccc1=O. The van der Waals surface area contributed by atoms with Crippen molar-refractivity contribution in [2.75, 3.05) is 6.54 Å². The lowest BCUT2D eigenvalue weighted by Gasteiger charge is -2.35. The van der Waals surface area contributed by atoms with E-state index in [1.807, 2.05) is 11.0 Å². The molecule has 0 saturated carbocycles. The van der Waals surface area contributed by atoms with Crippen LogP contribution >= 0.6 is 0 Å². The van der Waals surface area contributed by atoms with Crippen LogP contribution < -0.4 is 5.56 Å². The van der Waals surface area contributed by atoms with Crippen LogP contribution in [0.2, 0.25) is 0 Å². The summed E-state index contributed by atoms with van der Waals surface area (Å²) in [6.45, 7) is 0.728. The number of carbonyl (C=O) groups is 1. The first-order chi connectivity index (χ1) is 10.2. The van der Waals surface area contributed by atoms with Gasteiger partial charge >= 0.3 is 0 Å². The third-order valence-electron chi connectivity index (χ3n) is 3.98. The Morgan fingerprint density at radius 2 is 2.19 bits per heavy atom. The van der Waals surface area contributed by atoms with E-state index in [-0.39, 0.29) is 17.5 Å². The summed E-state index contributed by atoms with van der Waals surface area (Å²) in [6, 6.07) is 4.98. The van der Waals surface area contributed by atoms with Crippen molar-refractivity contribution in [2.24, 2.45) is 7.05 Å². The zero-order valence-electron chi connectivity index (χ0n) is 12.0. The van der Waals surface area contributed by atoms with Crippen molar-refractivity contribution in [2.45, 2.75) is 25.3 Å². The fourth-order valence-electron chi connectivity index (χ4n) is 2.84. The number of nitrogens with zero attached hydrogens (tertiary/aromatic N) is 3. The molecule has 6 heteroatoms. The number of H-pyrrole nitrogens is 1. The number of piperidine rings is 1. The summed E-state index contributed by atoms with van der Waals surface area (Å²) >= 11 is 0. The molecule has 0 aliphatic carbocycles. The molecule has 0 unspecified atom stereocenters. The van der Waals surface area contributed by atoms with Gasteiger partial charge in [-0.3, -0.25) is 14.7 Å². The zero-order valence-corrected chi connectivity index (χ0v) is 12.0. The molecular formula is C15H18N4O2. The van der Waals surface area contributed by atoms with Gasteiger partial charge in [0.05, 0.1) is 17.3 Å². The van der Waals surface area contributed by atoms with Crippen molar-refractivity contribution in [3.8, 4) is 0 Å². The van der Waals surface area contributed by atoms with E-state index >= 15 is 0 Å². The molecule has 1 N–H and O–H groups in total. The lowest BCUT2D eigenvalue weighted by Crippen LogP contribution is -2.39. The van der Waals surface area contributed by atoms with Crippen LogP contribution in [-0.2, 0) is 7.05 Å². The minimum absolute atomic E-state index is 0.0333. The molecule has 2 aromatic heterocycles. The largest absolute Gasteiger partial charge is 0.330 e. The van der Waals surface area contributed by atoms with Crippen LogP contribution in [0.1, 0.15) is 41.4 Å². The quantitative estimate of drug-likeness (QED) is 0.909. The predicted octanol–water partition coefficient (Wildman–Crippen LogP) is 1.48. The topological polar surface area (TPSA) is 71.0 Å². The van der Waals surface area contributed by atoms with Crippen molar-refractivity contribution in [3.63, 3.8) is 0 Å². The predicted molar refractivity (Wildman–Crippen MR) is 77.9 cm³/mol. The summed E-state index contributed by atoms with van der Waals surface area (Å²) in [4.78, 5) is 26.1. The molecule has 2 aromatic rings. The van der Waals surface area contributed by atoms with Gasteiger partial charge in [0.1, 0.15) is 0 Å². The Morgan fingerprint density at radius 3 is 2.90 bits per heavy atom. The normalized spacial score (nSPS) is 18.7. The fraction of sp³-hybridized carbons (Fsp3) is 0.400. The monoisotopic (exact) mass is 286 g/mol. The highest BCUT2D eigenvalue weighted by Gasteiger charge is 2.29. The van der Waals surface area contributed by atoms with Gasteiger partial charge in [0.2, 0.25) is 5.56 Å². The molecule has 3 heterocycles. The van der Waals surface area contributed by atoms with Gasteiger partial charge in [0.15, 0.2) is 0 Å². The van der Waals surface area contributed by atoms with Gasteiger partial charge in [0, 0.05) is 32.1 Å². The van der Waals surface area contributed by atoms with Crippen LogP contribution in [0.25, 0.3) is 0 Å². The van der Waals surface area contributed by atoms with Gasteiger partial charge in [-0.2, -0.15) is 5.10 Å². The summed E-state index contributed by atoms with van der Waals surface area (Å²) in [6.07, 6.45) is 6.34. The minimum Gasteiger partial charge on any atom is -0.330 e. The zero-order chi connectivity index (χ0) is 14.8. The van der Waals surface area contributed by atoms with Crippen LogP contribution in [0.4, 0.5) is 0 Å². The molecule has 0 spiro atoms. The van der Waals surface area contributed by atoms with Crippen molar-refractivity contribution in [1.82, 2.24) is 19.7 Å². The molecule has 1 atom stereocenters. The molecule has 0 radical (unpaired) electrons. The number of aromatic amines is 1. The summed E-state index contributed by atoms with van der Waals surface area (Å²) in [7, 11) is 1.65. The summed E-state index contributed by atoms with van der Waals surface area (Å²) in [5, 5.41) is 6.95. The number of aromatic nitrogens is 3. The Hall–Kier alpha value is -2.37. The first-order valence-corrected chi connectivity index (χ1v) is 7.14. The summed E-state index contributed by atoms with van der Waals surface area (Å²) in [5.74, 6) is -0.0371. The number of likely N-dealkylation sites (tertiary alicyclic amines) is 1. The van der Waals surface area contributed by atoms with Crippen molar-refractivity contribution in [3.05, 3.63) is 52.2 Å². The van der Waals surface area contributed by atoms with E-state index in [9.17, 15) is 9.59 Å². The highest BCUT2D eigenvalue weighted by Crippen LogP contribution is 2.30. The van der Waals surface area contributed by atoms with E-state index in [0.717, 1.165) is 31.5 Å². The molecule has 0 bridgehead atoms. The first kappa shape index (κ1) is 13.6. The van der Waals surface area contributed by atoms with Gasteiger partial charge in [-0.05, 0) is 31.4 Å². The Labute approximate surface area is 122 Å². The second-order valence-electron chi connectivity index (χ2n) is 5.39. The van der Waals surface area contributed by atoms with E-state index in [2.05, 4.69) is 10.2 Å². The number of aryl methyl sites for hydroxylation is 1. The molecule has 1 aliphatic heterocycles. The molecule has 1 amide bonds. The first-order valence-electron chi connectivity index (χ1n) is 7.14. The lowest BCUT2D eigenvalue weighted by molar-refractivity contribution is 0.0605. The van der Waals surface area contributed by atoms with Gasteiger partial charge in [0.25, 0.3) is 5.91 Å². The third kappa shape index (κ3) is 2.61.